The predicted octanol–water partition coefficient (Wildman–Crippen LogP) is 5.23. The molecule has 2 aromatic rings. The lowest BCUT2D eigenvalue weighted by Gasteiger charge is -2.35. The SMILES string of the molecule is CON(C)C(=O)C1CC(Cc2nc3cc(C(C)(C)C)ccc3n2COCC[Si](C)(C)C)C1. The van der Waals surface area contributed by atoms with E-state index in [9.17, 15) is 4.79 Å². The van der Waals surface area contributed by atoms with Crippen LogP contribution < -0.4 is 0 Å². The van der Waals surface area contributed by atoms with Crippen molar-refractivity contribution in [2.45, 2.75) is 77.9 Å². The fraction of sp³-hybridized carbons (Fsp3) is 0.680. The molecule has 7 heteroatoms. The van der Waals surface area contributed by atoms with Crippen molar-refractivity contribution in [1.82, 2.24) is 14.6 Å². The first-order chi connectivity index (χ1) is 14.9. The van der Waals surface area contributed by atoms with Crippen molar-refractivity contribution in [3.63, 3.8) is 0 Å². The zero-order chi connectivity index (χ0) is 23.7. The minimum absolute atomic E-state index is 0.0586. The van der Waals surface area contributed by atoms with E-state index < -0.39 is 8.07 Å². The van der Waals surface area contributed by atoms with E-state index in [0.29, 0.717) is 12.6 Å². The van der Waals surface area contributed by atoms with Gasteiger partial charge in [-0.2, -0.15) is 0 Å². The lowest BCUT2D eigenvalue weighted by atomic mass is 9.72. The average Bonchev–Trinajstić information content (AvgIpc) is 3.01. The van der Waals surface area contributed by atoms with Gasteiger partial charge in [-0.1, -0.05) is 46.5 Å². The van der Waals surface area contributed by atoms with Crippen LogP contribution in [0.1, 0.15) is 45.0 Å². The van der Waals surface area contributed by atoms with Gasteiger partial charge in [-0.05, 0) is 47.9 Å². The van der Waals surface area contributed by atoms with E-state index in [2.05, 4.69) is 63.2 Å². The fourth-order valence-corrected chi connectivity index (χ4v) is 4.95. The molecule has 32 heavy (non-hydrogen) atoms. The van der Waals surface area contributed by atoms with Crippen LogP contribution in [0.5, 0.6) is 0 Å². The van der Waals surface area contributed by atoms with Crippen LogP contribution in [-0.2, 0) is 32.9 Å². The Morgan fingerprint density at radius 1 is 1.25 bits per heavy atom. The highest BCUT2D eigenvalue weighted by Crippen LogP contribution is 2.38. The number of fused-ring (bicyclic) bond motifs is 1. The van der Waals surface area contributed by atoms with Gasteiger partial charge < -0.3 is 9.30 Å². The number of benzene rings is 1. The van der Waals surface area contributed by atoms with Gasteiger partial charge in [-0.25, -0.2) is 10.0 Å². The highest BCUT2D eigenvalue weighted by atomic mass is 28.3. The number of imidazole rings is 1. The number of carbonyl (C=O) groups excluding carboxylic acids is 1. The fourth-order valence-electron chi connectivity index (χ4n) is 4.19. The highest BCUT2D eigenvalue weighted by Gasteiger charge is 2.37. The van der Waals surface area contributed by atoms with Crippen LogP contribution in [0.15, 0.2) is 18.2 Å². The van der Waals surface area contributed by atoms with E-state index in [4.69, 9.17) is 14.6 Å². The summed E-state index contributed by atoms with van der Waals surface area (Å²) in [5.41, 5.74) is 3.54. The molecule has 1 aromatic heterocycles. The van der Waals surface area contributed by atoms with Crippen LogP contribution in [0, 0.1) is 11.8 Å². The van der Waals surface area contributed by atoms with Gasteiger partial charge in [0.1, 0.15) is 12.6 Å². The molecule has 0 saturated heterocycles. The number of nitrogens with zero attached hydrogens (tertiary/aromatic N) is 3. The van der Waals surface area contributed by atoms with Crippen LogP contribution in [-0.4, -0.2) is 49.4 Å². The van der Waals surface area contributed by atoms with Crippen LogP contribution in [0.3, 0.4) is 0 Å². The van der Waals surface area contributed by atoms with Gasteiger partial charge in [0.25, 0.3) is 0 Å². The maximum Gasteiger partial charge on any atom is 0.248 e. The third-order valence-corrected chi connectivity index (χ3v) is 8.25. The molecule has 0 atom stereocenters. The standard InChI is InChI=1S/C25H41N3O3Si/c1-25(2,3)20-9-10-22-21(16-20)26-23(28(22)17-31-11-12-32(6,7)8)15-18-13-19(14-18)24(29)27(4)30-5/h9-10,16,18-19H,11-15,17H2,1-8H3. The molecule has 1 amide bonds. The summed E-state index contributed by atoms with van der Waals surface area (Å²) in [6.07, 6.45) is 2.65. The molecule has 1 aliphatic carbocycles. The molecule has 3 rings (SSSR count). The molecule has 0 radical (unpaired) electrons. The number of hydrogen-bond acceptors (Lipinski definition) is 4. The monoisotopic (exact) mass is 459 g/mol. The van der Waals surface area contributed by atoms with E-state index in [0.717, 1.165) is 48.8 Å². The average molecular weight is 460 g/mol. The van der Waals surface area contributed by atoms with E-state index >= 15 is 0 Å². The number of hydroxylamine groups is 2. The number of aromatic nitrogens is 2. The maximum atomic E-state index is 12.3. The summed E-state index contributed by atoms with van der Waals surface area (Å²) in [6.45, 7) is 15.1. The van der Waals surface area contributed by atoms with Gasteiger partial charge in [0.15, 0.2) is 0 Å². The minimum atomic E-state index is -1.12. The Bertz CT molecular complexity index is 936. The Morgan fingerprint density at radius 2 is 1.94 bits per heavy atom. The van der Waals surface area contributed by atoms with Gasteiger partial charge in [0.05, 0.1) is 18.1 Å². The maximum absolute atomic E-state index is 12.3. The van der Waals surface area contributed by atoms with Crippen molar-refractivity contribution < 1.29 is 14.4 Å². The first kappa shape index (κ1) is 24.9. The largest absolute Gasteiger partial charge is 0.361 e. The summed E-state index contributed by atoms with van der Waals surface area (Å²) < 4.78 is 8.36. The first-order valence-corrected chi connectivity index (χ1v) is 15.5. The Morgan fingerprint density at radius 3 is 2.53 bits per heavy atom. The number of rotatable bonds is 9. The molecule has 1 saturated carbocycles. The second kappa shape index (κ2) is 9.65. The highest BCUT2D eigenvalue weighted by molar-refractivity contribution is 6.76. The molecular weight excluding hydrogens is 418 g/mol. The molecule has 0 bridgehead atoms. The summed E-state index contributed by atoms with van der Waals surface area (Å²) in [5.74, 6) is 1.66. The summed E-state index contributed by atoms with van der Waals surface area (Å²) >= 11 is 0. The third-order valence-electron chi connectivity index (χ3n) is 6.55. The predicted molar refractivity (Wildman–Crippen MR) is 132 cm³/mol. The molecule has 0 unspecified atom stereocenters. The number of carbonyl (C=O) groups is 1. The molecule has 0 spiro atoms. The minimum Gasteiger partial charge on any atom is -0.361 e. The van der Waals surface area contributed by atoms with Crippen LogP contribution in [0.25, 0.3) is 11.0 Å². The molecule has 1 aliphatic rings. The lowest BCUT2D eigenvalue weighted by Crippen LogP contribution is -2.40. The smallest absolute Gasteiger partial charge is 0.248 e. The van der Waals surface area contributed by atoms with Gasteiger partial charge in [-0.15, -0.1) is 0 Å². The topological polar surface area (TPSA) is 56.6 Å². The summed E-state index contributed by atoms with van der Waals surface area (Å²) in [6, 6.07) is 7.78. The van der Waals surface area contributed by atoms with Crippen LogP contribution in [0.4, 0.5) is 0 Å². The van der Waals surface area contributed by atoms with Gasteiger partial charge in [0.2, 0.25) is 5.91 Å². The second-order valence-corrected chi connectivity index (χ2v) is 17.1. The van der Waals surface area contributed by atoms with Gasteiger partial charge >= 0.3 is 0 Å². The van der Waals surface area contributed by atoms with Crippen molar-refractivity contribution in [3.8, 4) is 0 Å². The Hall–Kier alpha value is -1.70. The van der Waals surface area contributed by atoms with E-state index in [1.54, 1.807) is 7.05 Å². The summed E-state index contributed by atoms with van der Waals surface area (Å²) in [7, 11) is 2.09. The van der Waals surface area contributed by atoms with Gasteiger partial charge in [-0.3, -0.25) is 9.63 Å². The molecule has 1 aromatic carbocycles. The molecular formula is C25H41N3O3Si. The number of hydrogen-bond donors (Lipinski definition) is 0. The summed E-state index contributed by atoms with van der Waals surface area (Å²) in [4.78, 5) is 22.4. The van der Waals surface area contributed by atoms with Crippen LogP contribution in [0.2, 0.25) is 25.7 Å². The number of ether oxygens (including phenoxy) is 1. The molecule has 178 valence electrons. The third kappa shape index (κ3) is 6.00. The molecule has 6 nitrogen and oxygen atoms in total. The van der Waals surface area contributed by atoms with Crippen LogP contribution >= 0.6 is 0 Å². The Labute approximate surface area is 194 Å². The Balaban J connectivity index is 1.76. The van der Waals surface area contributed by atoms with Gasteiger partial charge in [0, 0.05) is 34.1 Å². The van der Waals surface area contributed by atoms with E-state index in [-0.39, 0.29) is 17.2 Å². The molecule has 1 heterocycles. The van der Waals surface area contributed by atoms with Crippen molar-refractivity contribution in [3.05, 3.63) is 29.6 Å². The quantitative estimate of drug-likeness (QED) is 0.292. The van der Waals surface area contributed by atoms with Crippen molar-refractivity contribution >= 4 is 25.0 Å². The second-order valence-electron chi connectivity index (χ2n) is 11.5. The first-order valence-electron chi connectivity index (χ1n) is 11.8. The number of amides is 1. The van der Waals surface area contributed by atoms with Crippen molar-refractivity contribution in [2.24, 2.45) is 11.8 Å². The van der Waals surface area contributed by atoms with Crippen molar-refractivity contribution in [2.75, 3.05) is 20.8 Å². The zero-order valence-electron chi connectivity index (χ0n) is 21.2. The summed E-state index contributed by atoms with van der Waals surface area (Å²) in [5, 5.41) is 1.34. The van der Waals surface area contributed by atoms with E-state index in [1.807, 2.05) is 0 Å². The molecule has 0 N–H and O–H groups in total. The Kier molecular flexibility index (Phi) is 7.52. The normalized spacial score (nSPS) is 19.2. The zero-order valence-corrected chi connectivity index (χ0v) is 22.2. The van der Waals surface area contributed by atoms with E-state index in [1.165, 1.54) is 17.7 Å². The lowest BCUT2D eigenvalue weighted by molar-refractivity contribution is -0.177. The molecule has 1 fully saturated rings. The molecule has 0 aliphatic heterocycles. The van der Waals surface area contributed by atoms with Crippen molar-refractivity contribution in [1.29, 1.82) is 0 Å².